The number of unbranched alkanes of at least 4 members (excludes halogenated alkanes) is 10. The van der Waals surface area contributed by atoms with Crippen LogP contribution in [0, 0.1) is 31.6 Å². The first-order chi connectivity index (χ1) is 34.4. The van der Waals surface area contributed by atoms with Crippen LogP contribution in [0.5, 0.6) is 17.2 Å². The van der Waals surface area contributed by atoms with Gasteiger partial charge in [-0.25, -0.2) is 0 Å². The number of ether oxygens (including phenoxy) is 3. The number of aliphatic hydroxyl groups is 2. The van der Waals surface area contributed by atoms with Crippen LogP contribution in [-0.2, 0) is 20.9 Å². The third-order valence-corrected chi connectivity index (χ3v) is 15.2. The third kappa shape index (κ3) is 13.4. The maximum Gasteiger partial charge on any atom is 0.239 e. The summed E-state index contributed by atoms with van der Waals surface area (Å²) in [6, 6.07) is 26.5. The van der Waals surface area contributed by atoms with Gasteiger partial charge in [-0.2, -0.15) is 0 Å². The van der Waals surface area contributed by atoms with Gasteiger partial charge in [-0.3, -0.25) is 4.79 Å². The molecule has 384 valence electrons. The molecule has 1 saturated carbocycles. The Bertz CT molecular complexity index is 2430. The fourth-order valence-corrected chi connectivity index (χ4v) is 11.5. The predicted octanol–water partition coefficient (Wildman–Crippen LogP) is 14.6. The van der Waals surface area contributed by atoms with Crippen molar-refractivity contribution in [2.24, 2.45) is 22.9 Å². The van der Waals surface area contributed by atoms with E-state index in [2.05, 4.69) is 99.0 Å². The number of amides is 1. The van der Waals surface area contributed by atoms with E-state index in [0.29, 0.717) is 43.7 Å². The van der Waals surface area contributed by atoms with Crippen LogP contribution >= 0.6 is 0 Å². The van der Waals surface area contributed by atoms with Gasteiger partial charge in [0.2, 0.25) is 11.7 Å². The summed E-state index contributed by atoms with van der Waals surface area (Å²) < 4.78 is 21.7. The first-order valence-electron chi connectivity index (χ1n) is 27.2. The molecule has 71 heavy (non-hydrogen) atoms. The van der Waals surface area contributed by atoms with Gasteiger partial charge in [-0.1, -0.05) is 137 Å². The fraction of sp³-hybridized carbons (Fsp3) is 0.548. The number of hydrogen-bond donors (Lipinski definition) is 2. The summed E-state index contributed by atoms with van der Waals surface area (Å²) in [6.07, 6.45) is 20.2. The van der Waals surface area contributed by atoms with Gasteiger partial charge in [-0.15, -0.1) is 6.58 Å². The highest BCUT2D eigenvalue weighted by atomic mass is 16.7. The summed E-state index contributed by atoms with van der Waals surface area (Å²) in [5.41, 5.74) is 5.68. The molecule has 2 N–H and O–H groups in total. The van der Waals surface area contributed by atoms with Crippen molar-refractivity contribution in [3.8, 4) is 17.2 Å². The van der Waals surface area contributed by atoms with Crippen molar-refractivity contribution in [1.29, 1.82) is 0 Å². The highest BCUT2D eigenvalue weighted by Crippen LogP contribution is 2.62. The predicted molar refractivity (Wildman–Crippen MR) is 288 cm³/mol. The zero-order chi connectivity index (χ0) is 50.4. The van der Waals surface area contributed by atoms with Gasteiger partial charge in [0.15, 0.2) is 0 Å². The number of nitrogens with zero attached hydrogens (tertiary/aromatic N) is 2. The Hall–Kier alpha value is -4.96. The molecular formula is C62H84N2O7. The first kappa shape index (κ1) is 53.8. The lowest BCUT2D eigenvalue weighted by molar-refractivity contribution is -0.258. The van der Waals surface area contributed by atoms with Gasteiger partial charge in [0.1, 0.15) is 28.9 Å². The molecule has 9 heteroatoms. The van der Waals surface area contributed by atoms with Crippen molar-refractivity contribution in [3.05, 3.63) is 125 Å². The van der Waals surface area contributed by atoms with E-state index in [1.807, 2.05) is 39.0 Å². The number of benzene rings is 4. The minimum Gasteiger partial charge on any atom is -0.459 e. The zero-order valence-corrected chi connectivity index (χ0v) is 43.9. The number of fused-ring (bicyclic) bond motifs is 3. The molecule has 0 unspecified atom stereocenters. The van der Waals surface area contributed by atoms with Crippen LogP contribution in [-0.4, -0.2) is 64.0 Å². The molecule has 1 aliphatic heterocycles. The minimum absolute atomic E-state index is 0.0660. The standard InChI is InChI=1S/C62H84N2O7/c1-8-10-11-12-13-14-15-16-17-31-58(67)64(43-48-28-24-27-46-25-18-19-29-51(46)48)57-42-55(63-71-61(5,6)7)53-40-47(26-20-22-36-65)52(30-21-23-37-66)59-54-41-50(69-49-33-32-44(3)45(4)39-49)34-35-56(54)70-62(57,60(53)59)68-38-9-2/h9,18-19,24-25,27-29,32-35,39-41,47,52,57,59-60,65-66H,2,8,10-17,20-23,26,30-31,36-38,42-43H2,1,3-7H3/t47-,52+,57-,59+,60+,62+/m0/s1. The normalized spacial score (nSPS) is 22.1. The fourth-order valence-electron chi connectivity index (χ4n) is 11.5. The lowest BCUT2D eigenvalue weighted by atomic mass is 9.55. The van der Waals surface area contributed by atoms with Crippen molar-refractivity contribution >= 4 is 22.4 Å². The third-order valence-electron chi connectivity index (χ3n) is 15.2. The molecule has 6 atom stereocenters. The summed E-state index contributed by atoms with van der Waals surface area (Å²) in [5.74, 6) is 0.500. The Morgan fingerprint density at radius 1 is 0.831 bits per heavy atom. The summed E-state index contributed by atoms with van der Waals surface area (Å²) in [4.78, 5) is 24.1. The molecule has 7 rings (SSSR count). The molecule has 9 nitrogen and oxygen atoms in total. The molecule has 0 aromatic heterocycles. The molecule has 1 amide bonds. The second kappa shape index (κ2) is 25.6. The van der Waals surface area contributed by atoms with E-state index in [1.165, 1.54) is 44.1 Å². The van der Waals surface area contributed by atoms with Crippen LogP contribution in [0.2, 0.25) is 0 Å². The van der Waals surface area contributed by atoms with E-state index in [0.717, 1.165) is 89.4 Å². The number of allylic oxidation sites excluding steroid dienone is 1. The Kier molecular flexibility index (Phi) is 19.4. The van der Waals surface area contributed by atoms with E-state index >= 15 is 4.79 Å². The van der Waals surface area contributed by atoms with E-state index in [9.17, 15) is 10.2 Å². The number of hydrogen-bond acceptors (Lipinski definition) is 8. The van der Waals surface area contributed by atoms with Crippen LogP contribution in [0.3, 0.4) is 0 Å². The van der Waals surface area contributed by atoms with Gasteiger partial charge in [0.05, 0.1) is 18.2 Å². The topological polar surface area (TPSA) is 110 Å². The first-order valence-corrected chi connectivity index (χ1v) is 27.2. The second-order valence-corrected chi connectivity index (χ2v) is 21.6. The largest absolute Gasteiger partial charge is 0.459 e. The highest BCUT2D eigenvalue weighted by molar-refractivity contribution is 6.03. The van der Waals surface area contributed by atoms with Crippen LogP contribution in [0.1, 0.15) is 165 Å². The van der Waals surface area contributed by atoms with Crippen LogP contribution < -0.4 is 9.47 Å². The summed E-state index contributed by atoms with van der Waals surface area (Å²) in [5, 5.41) is 27.5. The Balaban J connectivity index is 1.41. The molecule has 1 heterocycles. The number of carbonyl (C=O) groups is 1. The molecule has 0 radical (unpaired) electrons. The molecule has 1 fully saturated rings. The van der Waals surface area contributed by atoms with E-state index in [1.54, 1.807) is 6.08 Å². The minimum atomic E-state index is -1.36. The molecule has 0 bridgehead atoms. The monoisotopic (exact) mass is 969 g/mol. The van der Waals surface area contributed by atoms with E-state index < -0.39 is 23.3 Å². The van der Waals surface area contributed by atoms with Gasteiger partial charge < -0.3 is 34.2 Å². The number of aryl methyl sites for hydroxylation is 2. The summed E-state index contributed by atoms with van der Waals surface area (Å²) in [7, 11) is 0. The molecular weight excluding hydrogens is 885 g/mol. The molecule has 0 spiro atoms. The Morgan fingerprint density at radius 3 is 2.24 bits per heavy atom. The van der Waals surface area contributed by atoms with Crippen LogP contribution in [0.25, 0.3) is 10.8 Å². The lowest BCUT2D eigenvalue weighted by Crippen LogP contribution is -2.70. The maximum absolute atomic E-state index is 15.5. The smallest absolute Gasteiger partial charge is 0.239 e. The van der Waals surface area contributed by atoms with Crippen molar-refractivity contribution in [3.63, 3.8) is 0 Å². The molecule has 3 aliphatic rings. The van der Waals surface area contributed by atoms with Crippen LogP contribution in [0.4, 0.5) is 0 Å². The van der Waals surface area contributed by atoms with Crippen molar-refractivity contribution in [2.75, 3.05) is 19.8 Å². The molecule has 4 aromatic rings. The van der Waals surface area contributed by atoms with Crippen molar-refractivity contribution in [1.82, 2.24) is 4.90 Å². The summed E-state index contributed by atoms with van der Waals surface area (Å²) in [6.45, 7) is 17.5. The molecule has 2 aliphatic carbocycles. The van der Waals surface area contributed by atoms with E-state index in [-0.39, 0.29) is 43.5 Å². The van der Waals surface area contributed by atoms with Crippen molar-refractivity contribution < 1.29 is 34.1 Å². The quantitative estimate of drug-likeness (QED) is 0.0348. The highest BCUT2D eigenvalue weighted by Gasteiger charge is 2.65. The summed E-state index contributed by atoms with van der Waals surface area (Å²) >= 11 is 0. The Morgan fingerprint density at radius 2 is 1.52 bits per heavy atom. The zero-order valence-electron chi connectivity index (χ0n) is 43.9. The van der Waals surface area contributed by atoms with Gasteiger partial charge >= 0.3 is 0 Å². The molecule has 4 aromatic carbocycles. The SMILES string of the molecule is C=CCO[C@@]12Oc3ccc(Oc4ccc(C)c(C)c4)cc3[C@H]3[C@H](CCCCO)[C@@H](CCCCO)C=C(C(=NOC(C)(C)C)C[C@@H]1N(Cc1cccc4ccccc14)C(=O)CCCCCCCCCCC)[C@H]32. The Labute approximate surface area is 425 Å². The van der Waals surface area contributed by atoms with Crippen molar-refractivity contribution in [2.45, 2.75) is 181 Å². The number of aliphatic hydroxyl groups excluding tert-OH is 2. The van der Waals surface area contributed by atoms with Gasteiger partial charge in [0.25, 0.3) is 0 Å². The number of rotatable bonds is 27. The average Bonchev–Trinajstić information content (AvgIpc) is 3.36. The average molecular weight is 969 g/mol. The number of carbonyl (C=O) groups excluding carboxylic acids is 1. The number of oxime groups is 1. The lowest BCUT2D eigenvalue weighted by Gasteiger charge is -2.60. The van der Waals surface area contributed by atoms with E-state index in [4.69, 9.17) is 24.2 Å². The van der Waals surface area contributed by atoms with Gasteiger partial charge in [0, 0.05) is 44.1 Å². The van der Waals surface area contributed by atoms with Gasteiger partial charge in [-0.05, 0) is 142 Å². The second-order valence-electron chi connectivity index (χ2n) is 21.6. The maximum atomic E-state index is 15.5. The van der Waals surface area contributed by atoms with Crippen LogP contribution in [0.15, 0.2) is 108 Å². The molecule has 0 saturated heterocycles.